The largest absolute Gasteiger partial charge is 0.352 e. The Balaban J connectivity index is 1.66. The minimum atomic E-state index is -0.302. The lowest BCUT2D eigenvalue weighted by molar-refractivity contribution is -0.131. The summed E-state index contributed by atoms with van der Waals surface area (Å²) in [6.07, 6.45) is 3.83. The Hall–Kier alpha value is -2.76. The molecule has 3 rings (SSSR count). The fraction of sp³-hybridized carbons (Fsp3) is 0.350. The minimum absolute atomic E-state index is 0.0298. The van der Waals surface area contributed by atoms with Gasteiger partial charge in [0.05, 0.1) is 18.2 Å². The maximum Gasteiger partial charge on any atom is 0.227 e. The highest BCUT2D eigenvalue weighted by molar-refractivity contribution is 5.79. The zero-order chi connectivity index (χ0) is 18.5. The number of rotatable bonds is 5. The van der Waals surface area contributed by atoms with Gasteiger partial charge in [0.15, 0.2) is 0 Å². The van der Waals surface area contributed by atoms with Crippen LogP contribution in [0.1, 0.15) is 42.6 Å². The lowest BCUT2D eigenvalue weighted by atomic mass is 10.1. The molecule has 0 saturated carbocycles. The summed E-state index contributed by atoms with van der Waals surface area (Å²) in [6.45, 7) is 2.63. The van der Waals surface area contributed by atoms with Crippen LogP contribution in [0.4, 0.5) is 4.39 Å². The third-order valence-electron chi connectivity index (χ3n) is 4.57. The Morgan fingerprint density at radius 2 is 1.92 bits per heavy atom. The molecule has 0 bridgehead atoms. The number of carbonyl (C=O) groups is 2. The quantitative estimate of drug-likeness (QED) is 0.897. The van der Waals surface area contributed by atoms with Crippen molar-refractivity contribution in [3.05, 3.63) is 65.2 Å². The van der Waals surface area contributed by atoms with E-state index in [1.54, 1.807) is 18.3 Å². The number of carbonyl (C=O) groups excluding carboxylic acids is 2. The number of halogens is 1. The van der Waals surface area contributed by atoms with Crippen molar-refractivity contribution in [3.63, 3.8) is 0 Å². The summed E-state index contributed by atoms with van der Waals surface area (Å²) in [5.74, 6) is -0.352. The predicted molar refractivity (Wildman–Crippen MR) is 95.5 cm³/mol. The molecule has 1 N–H and O–H groups in total. The standard InChI is InChI=1S/C20H22FN3O2/c1-14(25)22-12-16-6-9-18(23-13-16)19-3-2-10-24(19)20(26)11-15-4-7-17(21)8-5-15/h4-9,13,19H,2-3,10-12H2,1H3,(H,22,25)/t19-/m1/s1. The van der Waals surface area contributed by atoms with Crippen LogP contribution in [0.15, 0.2) is 42.6 Å². The van der Waals surface area contributed by atoms with Crippen LogP contribution in [0.2, 0.25) is 0 Å². The van der Waals surface area contributed by atoms with Crippen LogP contribution in [-0.4, -0.2) is 28.2 Å². The fourth-order valence-corrected chi connectivity index (χ4v) is 3.22. The van der Waals surface area contributed by atoms with Gasteiger partial charge >= 0.3 is 0 Å². The first kappa shape index (κ1) is 18.0. The second kappa shape index (κ2) is 8.08. The Bertz CT molecular complexity index is 775. The molecule has 1 aromatic heterocycles. The summed E-state index contributed by atoms with van der Waals surface area (Å²) < 4.78 is 13.0. The molecular formula is C20H22FN3O2. The van der Waals surface area contributed by atoms with Crippen LogP contribution in [0, 0.1) is 5.82 Å². The maximum absolute atomic E-state index is 13.0. The highest BCUT2D eigenvalue weighted by atomic mass is 19.1. The lowest BCUT2D eigenvalue weighted by Crippen LogP contribution is -2.32. The molecule has 5 nitrogen and oxygen atoms in total. The van der Waals surface area contributed by atoms with E-state index in [1.807, 2.05) is 17.0 Å². The average molecular weight is 355 g/mol. The normalized spacial score (nSPS) is 16.5. The van der Waals surface area contributed by atoms with E-state index in [4.69, 9.17) is 0 Å². The first-order valence-corrected chi connectivity index (χ1v) is 8.76. The van der Waals surface area contributed by atoms with E-state index in [0.29, 0.717) is 13.1 Å². The van der Waals surface area contributed by atoms with Gasteiger partial charge in [0.2, 0.25) is 11.8 Å². The topological polar surface area (TPSA) is 62.3 Å². The number of benzene rings is 1. The molecule has 0 unspecified atom stereocenters. The van der Waals surface area contributed by atoms with Crippen molar-refractivity contribution < 1.29 is 14.0 Å². The molecule has 26 heavy (non-hydrogen) atoms. The van der Waals surface area contributed by atoms with Crippen molar-refractivity contribution >= 4 is 11.8 Å². The van der Waals surface area contributed by atoms with Crippen molar-refractivity contribution in [2.45, 2.75) is 38.8 Å². The highest BCUT2D eigenvalue weighted by Gasteiger charge is 2.30. The Kier molecular flexibility index (Phi) is 5.61. The molecule has 1 atom stereocenters. The van der Waals surface area contributed by atoms with Gasteiger partial charge in [-0.05, 0) is 42.2 Å². The van der Waals surface area contributed by atoms with Gasteiger partial charge in [-0.2, -0.15) is 0 Å². The Labute approximate surface area is 152 Å². The second-order valence-electron chi connectivity index (χ2n) is 6.55. The SMILES string of the molecule is CC(=O)NCc1ccc([C@H]2CCCN2C(=O)Cc2ccc(F)cc2)nc1. The van der Waals surface area contributed by atoms with E-state index >= 15 is 0 Å². The number of hydrogen-bond donors (Lipinski definition) is 1. The van der Waals surface area contributed by atoms with Gasteiger partial charge in [-0.15, -0.1) is 0 Å². The van der Waals surface area contributed by atoms with Gasteiger partial charge in [0.25, 0.3) is 0 Å². The molecule has 6 heteroatoms. The maximum atomic E-state index is 13.0. The second-order valence-corrected chi connectivity index (χ2v) is 6.55. The average Bonchev–Trinajstić information content (AvgIpc) is 3.12. The van der Waals surface area contributed by atoms with Crippen molar-refractivity contribution in [2.24, 2.45) is 0 Å². The molecule has 0 spiro atoms. The van der Waals surface area contributed by atoms with E-state index < -0.39 is 0 Å². The van der Waals surface area contributed by atoms with Crippen molar-refractivity contribution in [1.82, 2.24) is 15.2 Å². The van der Waals surface area contributed by atoms with Gasteiger partial charge in [-0.25, -0.2) is 4.39 Å². The van der Waals surface area contributed by atoms with Gasteiger partial charge in [-0.1, -0.05) is 18.2 Å². The van der Waals surface area contributed by atoms with Crippen LogP contribution in [0.25, 0.3) is 0 Å². The summed E-state index contributed by atoms with van der Waals surface area (Å²) in [5.41, 5.74) is 2.59. The van der Waals surface area contributed by atoms with Gasteiger partial charge < -0.3 is 10.2 Å². The van der Waals surface area contributed by atoms with Gasteiger partial charge in [0.1, 0.15) is 5.82 Å². The first-order chi connectivity index (χ1) is 12.5. The zero-order valence-corrected chi connectivity index (χ0v) is 14.7. The van der Waals surface area contributed by atoms with E-state index in [0.717, 1.165) is 29.7 Å². The van der Waals surface area contributed by atoms with Gasteiger partial charge in [-0.3, -0.25) is 14.6 Å². The molecule has 1 saturated heterocycles. The molecule has 1 fully saturated rings. The molecule has 1 aromatic carbocycles. The molecular weight excluding hydrogens is 333 g/mol. The third kappa shape index (κ3) is 4.45. The molecule has 0 radical (unpaired) electrons. The molecule has 0 aliphatic carbocycles. The van der Waals surface area contributed by atoms with E-state index in [9.17, 15) is 14.0 Å². The van der Waals surface area contributed by atoms with Crippen LogP contribution >= 0.6 is 0 Å². The monoisotopic (exact) mass is 355 g/mol. The van der Waals surface area contributed by atoms with E-state index in [1.165, 1.54) is 19.1 Å². The Morgan fingerprint density at radius 3 is 2.58 bits per heavy atom. The number of likely N-dealkylation sites (tertiary alicyclic amines) is 1. The summed E-state index contributed by atoms with van der Waals surface area (Å²) >= 11 is 0. The van der Waals surface area contributed by atoms with Gasteiger partial charge in [0, 0.05) is 26.2 Å². The third-order valence-corrected chi connectivity index (χ3v) is 4.57. The highest BCUT2D eigenvalue weighted by Crippen LogP contribution is 2.31. The Morgan fingerprint density at radius 1 is 1.19 bits per heavy atom. The van der Waals surface area contributed by atoms with Crippen LogP contribution in [0.5, 0.6) is 0 Å². The zero-order valence-electron chi connectivity index (χ0n) is 14.7. The van der Waals surface area contributed by atoms with E-state index in [-0.39, 0.29) is 30.1 Å². The molecule has 2 heterocycles. The molecule has 2 aromatic rings. The van der Waals surface area contributed by atoms with Crippen molar-refractivity contribution in [2.75, 3.05) is 6.54 Å². The number of aromatic nitrogens is 1. The summed E-state index contributed by atoms with van der Waals surface area (Å²) in [6, 6.07) is 9.86. The van der Waals surface area contributed by atoms with Crippen LogP contribution in [0.3, 0.4) is 0 Å². The van der Waals surface area contributed by atoms with Crippen LogP contribution in [-0.2, 0) is 22.6 Å². The number of nitrogens with one attached hydrogen (secondary N) is 1. The molecule has 1 aliphatic heterocycles. The smallest absolute Gasteiger partial charge is 0.227 e. The summed E-state index contributed by atoms with van der Waals surface area (Å²) in [7, 11) is 0. The molecule has 1 aliphatic rings. The molecule has 2 amide bonds. The first-order valence-electron chi connectivity index (χ1n) is 8.76. The van der Waals surface area contributed by atoms with Crippen molar-refractivity contribution in [3.8, 4) is 0 Å². The summed E-state index contributed by atoms with van der Waals surface area (Å²) in [5, 5.41) is 2.74. The van der Waals surface area contributed by atoms with Crippen LogP contribution < -0.4 is 5.32 Å². The lowest BCUT2D eigenvalue weighted by Gasteiger charge is -2.24. The van der Waals surface area contributed by atoms with Crippen molar-refractivity contribution in [1.29, 1.82) is 0 Å². The molecule has 136 valence electrons. The number of hydrogen-bond acceptors (Lipinski definition) is 3. The minimum Gasteiger partial charge on any atom is -0.352 e. The fourth-order valence-electron chi connectivity index (χ4n) is 3.22. The number of amides is 2. The van der Waals surface area contributed by atoms with E-state index in [2.05, 4.69) is 10.3 Å². The summed E-state index contributed by atoms with van der Waals surface area (Å²) in [4.78, 5) is 30.0. The number of nitrogens with zero attached hydrogens (tertiary/aromatic N) is 2. The predicted octanol–water partition coefficient (Wildman–Crippen LogP) is 2.76. The number of pyridine rings is 1.